The highest BCUT2D eigenvalue weighted by atomic mass is 16.2. The van der Waals surface area contributed by atoms with Crippen molar-refractivity contribution in [2.75, 3.05) is 18.0 Å². The molecule has 2 aliphatic heterocycles. The van der Waals surface area contributed by atoms with Gasteiger partial charge in [0.2, 0.25) is 5.91 Å². The van der Waals surface area contributed by atoms with Crippen LogP contribution in [0.4, 0.5) is 5.69 Å². The number of piperidine rings is 1. The van der Waals surface area contributed by atoms with E-state index in [1.54, 1.807) is 0 Å². The third kappa shape index (κ3) is 2.05. The van der Waals surface area contributed by atoms with Gasteiger partial charge < -0.3 is 10.2 Å². The quantitative estimate of drug-likeness (QED) is 0.898. The number of para-hydroxylation sites is 1. The molecule has 20 heavy (non-hydrogen) atoms. The van der Waals surface area contributed by atoms with Gasteiger partial charge in [-0.2, -0.15) is 0 Å². The molecule has 1 aromatic rings. The number of carbonyl (C=O) groups is 1. The SMILES string of the molecule is CCC1(C(=O)N2c3ccccc3CC2C)CCCNC1. The average Bonchev–Trinajstić information content (AvgIpc) is 2.83. The molecule has 3 heteroatoms. The van der Waals surface area contributed by atoms with E-state index in [0.717, 1.165) is 44.5 Å². The van der Waals surface area contributed by atoms with E-state index in [-0.39, 0.29) is 11.5 Å². The fourth-order valence-corrected chi connectivity index (χ4v) is 3.73. The van der Waals surface area contributed by atoms with Crippen LogP contribution < -0.4 is 10.2 Å². The Balaban J connectivity index is 1.93. The van der Waals surface area contributed by atoms with Crippen molar-refractivity contribution in [1.29, 1.82) is 0 Å². The van der Waals surface area contributed by atoms with Gasteiger partial charge in [0, 0.05) is 18.3 Å². The molecule has 2 atom stereocenters. The molecule has 3 rings (SSSR count). The Bertz CT molecular complexity index is 505. The fraction of sp³-hybridized carbons (Fsp3) is 0.588. The van der Waals surface area contributed by atoms with Gasteiger partial charge in [-0.25, -0.2) is 0 Å². The van der Waals surface area contributed by atoms with Gasteiger partial charge in [-0.05, 0) is 50.8 Å². The summed E-state index contributed by atoms with van der Waals surface area (Å²) in [6.45, 7) is 6.18. The lowest BCUT2D eigenvalue weighted by Crippen LogP contribution is -2.53. The van der Waals surface area contributed by atoms with Crippen molar-refractivity contribution >= 4 is 11.6 Å². The predicted molar refractivity (Wildman–Crippen MR) is 81.9 cm³/mol. The number of amides is 1. The van der Waals surface area contributed by atoms with Gasteiger partial charge in [-0.3, -0.25) is 4.79 Å². The Kier molecular flexibility index (Phi) is 3.55. The normalized spacial score (nSPS) is 29.3. The smallest absolute Gasteiger partial charge is 0.234 e. The molecule has 0 saturated carbocycles. The molecule has 3 nitrogen and oxygen atoms in total. The van der Waals surface area contributed by atoms with Gasteiger partial charge in [-0.15, -0.1) is 0 Å². The molecule has 0 aliphatic carbocycles. The van der Waals surface area contributed by atoms with E-state index in [1.165, 1.54) is 5.56 Å². The van der Waals surface area contributed by atoms with Crippen molar-refractivity contribution in [2.45, 2.75) is 45.6 Å². The molecule has 1 N–H and O–H groups in total. The van der Waals surface area contributed by atoms with E-state index in [1.807, 2.05) is 6.07 Å². The largest absolute Gasteiger partial charge is 0.316 e. The minimum Gasteiger partial charge on any atom is -0.316 e. The maximum atomic E-state index is 13.2. The molecule has 2 aliphatic rings. The lowest BCUT2D eigenvalue weighted by Gasteiger charge is -2.40. The number of benzene rings is 1. The Morgan fingerprint density at radius 1 is 1.45 bits per heavy atom. The first-order chi connectivity index (χ1) is 9.68. The van der Waals surface area contributed by atoms with Crippen molar-refractivity contribution in [1.82, 2.24) is 5.32 Å². The van der Waals surface area contributed by atoms with Gasteiger partial charge >= 0.3 is 0 Å². The Labute approximate surface area is 121 Å². The van der Waals surface area contributed by atoms with Crippen LogP contribution in [-0.2, 0) is 11.2 Å². The van der Waals surface area contributed by atoms with Crippen LogP contribution in [0, 0.1) is 5.41 Å². The van der Waals surface area contributed by atoms with Crippen molar-refractivity contribution in [3.63, 3.8) is 0 Å². The Hall–Kier alpha value is -1.35. The molecule has 0 bridgehead atoms. The van der Waals surface area contributed by atoms with Crippen molar-refractivity contribution in [3.8, 4) is 0 Å². The summed E-state index contributed by atoms with van der Waals surface area (Å²) in [4.78, 5) is 15.3. The second-order valence-corrected chi connectivity index (χ2v) is 6.27. The summed E-state index contributed by atoms with van der Waals surface area (Å²) in [5, 5.41) is 3.42. The molecular formula is C17H24N2O. The zero-order valence-electron chi connectivity index (χ0n) is 12.5. The van der Waals surface area contributed by atoms with Crippen LogP contribution in [0.3, 0.4) is 0 Å². The summed E-state index contributed by atoms with van der Waals surface area (Å²) in [6.07, 6.45) is 4.02. The number of nitrogens with one attached hydrogen (secondary N) is 1. The third-order valence-corrected chi connectivity index (χ3v) is 5.03. The van der Waals surface area contributed by atoms with Crippen LogP contribution in [0.25, 0.3) is 0 Å². The highest BCUT2D eigenvalue weighted by Gasteiger charge is 2.44. The number of fused-ring (bicyclic) bond motifs is 1. The van der Waals surface area contributed by atoms with E-state index >= 15 is 0 Å². The van der Waals surface area contributed by atoms with E-state index < -0.39 is 0 Å². The zero-order chi connectivity index (χ0) is 14.2. The van der Waals surface area contributed by atoms with Crippen LogP contribution >= 0.6 is 0 Å². The van der Waals surface area contributed by atoms with E-state index in [9.17, 15) is 4.79 Å². The monoisotopic (exact) mass is 272 g/mol. The standard InChI is InChI=1S/C17H24N2O/c1-3-17(9-6-10-18-12-17)16(20)19-13(2)11-14-7-4-5-8-15(14)19/h4-5,7-8,13,18H,3,6,9-12H2,1-2H3. The lowest BCUT2D eigenvalue weighted by atomic mass is 9.77. The number of carbonyl (C=O) groups excluding carboxylic acids is 1. The van der Waals surface area contributed by atoms with Crippen LogP contribution in [0.1, 0.15) is 38.7 Å². The maximum Gasteiger partial charge on any atom is 0.234 e. The van der Waals surface area contributed by atoms with Gasteiger partial charge in [0.1, 0.15) is 0 Å². The number of anilines is 1. The number of rotatable bonds is 2. The summed E-state index contributed by atoms with van der Waals surface area (Å²) in [6, 6.07) is 8.63. The summed E-state index contributed by atoms with van der Waals surface area (Å²) in [5.41, 5.74) is 2.23. The molecule has 1 aromatic carbocycles. The third-order valence-electron chi connectivity index (χ3n) is 5.03. The van der Waals surface area contributed by atoms with Crippen LogP contribution in [0.15, 0.2) is 24.3 Å². The van der Waals surface area contributed by atoms with E-state index in [4.69, 9.17) is 0 Å². The number of hydrogen-bond acceptors (Lipinski definition) is 2. The van der Waals surface area contributed by atoms with Gasteiger partial charge in [-0.1, -0.05) is 25.1 Å². The lowest BCUT2D eigenvalue weighted by molar-refractivity contribution is -0.129. The fourth-order valence-electron chi connectivity index (χ4n) is 3.73. The molecule has 2 heterocycles. The van der Waals surface area contributed by atoms with Crippen LogP contribution in [0.2, 0.25) is 0 Å². The van der Waals surface area contributed by atoms with Gasteiger partial charge in [0.05, 0.1) is 5.41 Å². The molecular weight excluding hydrogens is 248 g/mol. The molecule has 0 radical (unpaired) electrons. The maximum absolute atomic E-state index is 13.2. The van der Waals surface area contributed by atoms with Crippen molar-refractivity contribution in [2.24, 2.45) is 5.41 Å². The second kappa shape index (κ2) is 5.21. The van der Waals surface area contributed by atoms with Gasteiger partial charge in [0.15, 0.2) is 0 Å². The molecule has 0 aromatic heterocycles. The summed E-state index contributed by atoms with van der Waals surface area (Å²) in [7, 11) is 0. The zero-order valence-corrected chi connectivity index (χ0v) is 12.5. The summed E-state index contributed by atoms with van der Waals surface area (Å²) < 4.78 is 0. The van der Waals surface area contributed by atoms with Gasteiger partial charge in [0.25, 0.3) is 0 Å². The summed E-state index contributed by atoms with van der Waals surface area (Å²) >= 11 is 0. The molecule has 1 amide bonds. The second-order valence-electron chi connectivity index (χ2n) is 6.27. The topological polar surface area (TPSA) is 32.3 Å². The van der Waals surface area contributed by atoms with Crippen molar-refractivity contribution < 1.29 is 4.79 Å². The highest BCUT2D eigenvalue weighted by molar-refractivity contribution is 6.00. The number of hydrogen-bond donors (Lipinski definition) is 1. The molecule has 0 spiro atoms. The Morgan fingerprint density at radius 3 is 2.95 bits per heavy atom. The first-order valence-corrected chi connectivity index (χ1v) is 7.80. The first-order valence-electron chi connectivity index (χ1n) is 7.80. The average molecular weight is 272 g/mol. The summed E-state index contributed by atoms with van der Waals surface area (Å²) in [5.74, 6) is 0.324. The van der Waals surface area contributed by atoms with Crippen molar-refractivity contribution in [3.05, 3.63) is 29.8 Å². The minimum absolute atomic E-state index is 0.204. The van der Waals surface area contributed by atoms with Crippen LogP contribution in [0.5, 0.6) is 0 Å². The van der Waals surface area contributed by atoms with E-state index in [2.05, 4.69) is 42.3 Å². The minimum atomic E-state index is -0.204. The molecule has 2 unspecified atom stereocenters. The molecule has 1 fully saturated rings. The number of nitrogens with zero attached hydrogens (tertiary/aromatic N) is 1. The highest BCUT2D eigenvalue weighted by Crippen LogP contribution is 2.39. The first kappa shape index (κ1) is 13.6. The molecule has 108 valence electrons. The molecule has 1 saturated heterocycles. The van der Waals surface area contributed by atoms with E-state index in [0.29, 0.717) is 5.91 Å². The van der Waals surface area contributed by atoms with Crippen LogP contribution in [-0.4, -0.2) is 25.0 Å². The Morgan fingerprint density at radius 2 is 2.25 bits per heavy atom. The predicted octanol–water partition coefficient (Wildman–Crippen LogP) is 2.74.